The lowest BCUT2D eigenvalue weighted by atomic mass is 9.88. The van der Waals surface area contributed by atoms with Crippen LogP contribution in [0.15, 0.2) is 48.2 Å². The highest BCUT2D eigenvalue weighted by atomic mass is 16.5. The lowest BCUT2D eigenvalue weighted by molar-refractivity contribution is -0.118. The molecule has 0 unspecified atom stereocenters. The summed E-state index contributed by atoms with van der Waals surface area (Å²) in [6, 6.07) is 11.8. The topological polar surface area (TPSA) is 60.5 Å². The number of rotatable bonds is 5. The molecule has 0 bridgehead atoms. The largest absolute Gasteiger partial charge is 0.493 e. The van der Waals surface area contributed by atoms with Crippen molar-refractivity contribution in [3.63, 3.8) is 0 Å². The van der Waals surface area contributed by atoms with Crippen LogP contribution in [-0.2, 0) is 4.79 Å². The Morgan fingerprint density at radius 2 is 2.00 bits per heavy atom. The summed E-state index contributed by atoms with van der Waals surface area (Å²) in [5, 5.41) is 3.02. The van der Waals surface area contributed by atoms with Gasteiger partial charge in [-0.15, -0.1) is 0 Å². The van der Waals surface area contributed by atoms with Crippen LogP contribution in [-0.4, -0.2) is 30.6 Å². The van der Waals surface area contributed by atoms with Crippen molar-refractivity contribution in [1.82, 2.24) is 10.3 Å². The fourth-order valence-corrected chi connectivity index (χ4v) is 3.98. The number of methoxy groups -OCH3 is 1. The second-order valence-electron chi connectivity index (χ2n) is 7.47. The molecule has 0 radical (unpaired) electrons. The van der Waals surface area contributed by atoms with E-state index in [9.17, 15) is 4.79 Å². The maximum Gasteiger partial charge on any atom is 0.247 e. The molecule has 4 rings (SSSR count). The Kier molecular flexibility index (Phi) is 5.60. The van der Waals surface area contributed by atoms with Gasteiger partial charge in [-0.1, -0.05) is 12.1 Å². The maximum absolute atomic E-state index is 12.3. The van der Waals surface area contributed by atoms with Crippen LogP contribution in [0.4, 0.5) is 0 Å². The fraction of sp³-hybridized carbons (Fsp3) is 0.391. The molecule has 1 aliphatic heterocycles. The van der Waals surface area contributed by atoms with Crippen molar-refractivity contribution < 1.29 is 14.3 Å². The Bertz CT molecular complexity index is 857. The Balaban J connectivity index is 1.56. The molecular formula is C23H26N2O3. The first-order chi connectivity index (χ1) is 13.7. The summed E-state index contributed by atoms with van der Waals surface area (Å²) in [5.74, 6) is 1.75. The number of nitrogens with zero attached hydrogens (tertiary/aromatic N) is 1. The first-order valence-electron chi connectivity index (χ1n) is 9.97. The van der Waals surface area contributed by atoms with Gasteiger partial charge in [0.25, 0.3) is 0 Å². The number of hydrogen-bond acceptors (Lipinski definition) is 4. The van der Waals surface area contributed by atoms with E-state index in [-0.39, 0.29) is 17.9 Å². The van der Waals surface area contributed by atoms with E-state index >= 15 is 0 Å². The Labute approximate surface area is 165 Å². The normalized spacial score (nSPS) is 21.5. The number of carbonyl (C=O) groups is 1. The summed E-state index contributed by atoms with van der Waals surface area (Å²) in [6.07, 6.45) is 9.22. The third-order valence-electron chi connectivity index (χ3n) is 5.53. The van der Waals surface area contributed by atoms with Gasteiger partial charge in [-0.25, -0.2) is 0 Å². The molecule has 146 valence electrons. The molecule has 2 aliphatic rings. The van der Waals surface area contributed by atoms with Crippen LogP contribution in [0.2, 0.25) is 0 Å². The third-order valence-corrected chi connectivity index (χ3v) is 5.53. The molecule has 1 atom stereocenters. The van der Waals surface area contributed by atoms with Crippen LogP contribution in [0, 0.1) is 0 Å². The van der Waals surface area contributed by atoms with Crippen molar-refractivity contribution in [3.8, 4) is 11.5 Å². The number of pyridine rings is 1. The number of nitrogens with one attached hydrogen (secondary N) is 1. The Morgan fingerprint density at radius 1 is 1.14 bits per heavy atom. The van der Waals surface area contributed by atoms with Gasteiger partial charge >= 0.3 is 0 Å². The first-order valence-corrected chi connectivity index (χ1v) is 9.97. The number of carbonyl (C=O) groups excluding carboxylic acids is 1. The molecule has 2 aromatic rings. The molecular weight excluding hydrogens is 352 g/mol. The van der Waals surface area contributed by atoms with Gasteiger partial charge in [0.2, 0.25) is 5.91 Å². The quantitative estimate of drug-likeness (QED) is 0.796. The smallest absolute Gasteiger partial charge is 0.247 e. The molecule has 1 saturated carbocycles. The van der Waals surface area contributed by atoms with Crippen molar-refractivity contribution in [2.75, 3.05) is 13.7 Å². The van der Waals surface area contributed by atoms with Gasteiger partial charge < -0.3 is 14.8 Å². The predicted octanol–water partition coefficient (Wildman–Crippen LogP) is 4.10. The molecule has 5 heteroatoms. The van der Waals surface area contributed by atoms with E-state index in [1.165, 1.54) is 12.8 Å². The van der Waals surface area contributed by atoms with Crippen LogP contribution < -0.4 is 14.8 Å². The zero-order chi connectivity index (χ0) is 19.3. The number of piperidine rings is 1. The van der Waals surface area contributed by atoms with Gasteiger partial charge in [0.05, 0.1) is 18.9 Å². The van der Waals surface area contributed by atoms with Gasteiger partial charge in [0.15, 0.2) is 11.5 Å². The Hall–Kier alpha value is -2.82. The summed E-state index contributed by atoms with van der Waals surface area (Å²) >= 11 is 0. The average molecular weight is 378 g/mol. The monoisotopic (exact) mass is 378 g/mol. The minimum Gasteiger partial charge on any atom is -0.493 e. The van der Waals surface area contributed by atoms with Crippen LogP contribution >= 0.6 is 0 Å². The highest BCUT2D eigenvalue weighted by molar-refractivity contribution is 5.98. The predicted molar refractivity (Wildman–Crippen MR) is 108 cm³/mol. The lowest BCUT2D eigenvalue weighted by Crippen LogP contribution is -2.35. The maximum atomic E-state index is 12.3. The minimum absolute atomic E-state index is 0.0159. The molecule has 0 spiro atoms. The molecule has 2 fully saturated rings. The van der Waals surface area contributed by atoms with Gasteiger partial charge in [-0.3, -0.25) is 9.78 Å². The summed E-state index contributed by atoms with van der Waals surface area (Å²) in [4.78, 5) is 16.6. The third kappa shape index (κ3) is 4.19. The second kappa shape index (κ2) is 8.46. The first kappa shape index (κ1) is 18.5. The van der Waals surface area contributed by atoms with Gasteiger partial charge in [0, 0.05) is 24.2 Å². The highest BCUT2D eigenvalue weighted by Gasteiger charge is 2.26. The van der Waals surface area contributed by atoms with E-state index in [4.69, 9.17) is 9.47 Å². The number of benzene rings is 1. The molecule has 2 heterocycles. The van der Waals surface area contributed by atoms with E-state index in [0.717, 1.165) is 41.2 Å². The summed E-state index contributed by atoms with van der Waals surface area (Å²) in [7, 11) is 1.67. The van der Waals surface area contributed by atoms with Crippen molar-refractivity contribution in [2.45, 2.75) is 44.1 Å². The molecule has 1 aromatic carbocycles. The molecule has 1 aliphatic carbocycles. The lowest BCUT2D eigenvalue weighted by Gasteiger charge is -2.26. The molecule has 1 aromatic heterocycles. The second-order valence-corrected chi connectivity index (χ2v) is 7.47. The summed E-state index contributed by atoms with van der Waals surface area (Å²) in [5.41, 5.74) is 2.71. The van der Waals surface area contributed by atoms with Gasteiger partial charge in [0.1, 0.15) is 0 Å². The number of amides is 1. The van der Waals surface area contributed by atoms with Crippen molar-refractivity contribution >= 4 is 12.0 Å². The molecule has 1 saturated heterocycles. The highest BCUT2D eigenvalue weighted by Crippen LogP contribution is 2.36. The number of hydrogen-bond donors (Lipinski definition) is 1. The molecule has 5 nitrogen and oxygen atoms in total. The minimum atomic E-state index is -0.0159. The summed E-state index contributed by atoms with van der Waals surface area (Å²) < 4.78 is 11.7. The van der Waals surface area contributed by atoms with Crippen LogP contribution in [0.1, 0.15) is 49.3 Å². The average Bonchev–Trinajstić information content (AvgIpc) is 3.23. The fourth-order valence-electron chi connectivity index (χ4n) is 3.98. The molecule has 28 heavy (non-hydrogen) atoms. The van der Waals surface area contributed by atoms with Crippen LogP contribution in [0.25, 0.3) is 6.08 Å². The van der Waals surface area contributed by atoms with E-state index in [1.54, 1.807) is 13.3 Å². The molecule has 1 N–H and O–H groups in total. The zero-order valence-electron chi connectivity index (χ0n) is 16.2. The SMILES string of the molecule is COc1ccc([C@H]2CNC(=O)C(=Cc3ccccn3)C2)cc1OC1CCCC1. The van der Waals surface area contributed by atoms with E-state index in [2.05, 4.69) is 22.4 Å². The van der Waals surface area contributed by atoms with Crippen molar-refractivity contribution in [1.29, 1.82) is 0 Å². The van der Waals surface area contributed by atoms with E-state index in [1.807, 2.05) is 30.3 Å². The zero-order valence-corrected chi connectivity index (χ0v) is 16.2. The Morgan fingerprint density at radius 3 is 2.75 bits per heavy atom. The number of aromatic nitrogens is 1. The summed E-state index contributed by atoms with van der Waals surface area (Å²) in [6.45, 7) is 0.619. The van der Waals surface area contributed by atoms with Crippen molar-refractivity contribution in [3.05, 3.63) is 59.4 Å². The van der Waals surface area contributed by atoms with Crippen LogP contribution in [0.3, 0.4) is 0 Å². The van der Waals surface area contributed by atoms with E-state index < -0.39 is 0 Å². The standard InChI is InChI=1S/C23H26N2O3/c1-27-21-10-9-16(14-22(21)28-20-7-2-3-8-20)18-12-17(23(26)25-15-18)13-19-6-4-5-11-24-19/h4-6,9-11,13-14,18,20H,2-3,7-8,12,15H2,1H3,(H,25,26)/t18-/m1/s1. The van der Waals surface area contributed by atoms with E-state index in [0.29, 0.717) is 13.0 Å². The van der Waals surface area contributed by atoms with Gasteiger partial charge in [-0.05, 0) is 68.0 Å². The van der Waals surface area contributed by atoms with Crippen LogP contribution in [0.5, 0.6) is 11.5 Å². The molecule has 1 amide bonds. The van der Waals surface area contributed by atoms with Crippen molar-refractivity contribution in [2.24, 2.45) is 0 Å². The van der Waals surface area contributed by atoms with Gasteiger partial charge in [-0.2, -0.15) is 0 Å². The number of ether oxygens (including phenoxy) is 2.